The van der Waals surface area contributed by atoms with E-state index in [-0.39, 0.29) is 11.8 Å². The summed E-state index contributed by atoms with van der Waals surface area (Å²) < 4.78 is 1.98. The first kappa shape index (κ1) is 20.1. The first-order valence-electron chi connectivity index (χ1n) is 10.6. The van der Waals surface area contributed by atoms with Crippen LogP contribution in [0.4, 0.5) is 0 Å². The summed E-state index contributed by atoms with van der Waals surface area (Å²) in [4.78, 5) is 31.2. The molecule has 0 unspecified atom stereocenters. The Morgan fingerprint density at radius 1 is 1.13 bits per heavy atom. The predicted octanol–water partition coefficient (Wildman–Crippen LogP) is 3.52. The van der Waals surface area contributed by atoms with Crippen molar-refractivity contribution in [3.8, 4) is 0 Å². The van der Waals surface area contributed by atoms with E-state index < -0.39 is 0 Å². The molecule has 156 valence electrons. The van der Waals surface area contributed by atoms with Gasteiger partial charge in [0.05, 0.1) is 0 Å². The molecule has 1 aromatic carbocycles. The van der Waals surface area contributed by atoms with Gasteiger partial charge in [0.2, 0.25) is 5.91 Å². The number of rotatable bonds is 6. The molecular weight excluding hydrogens is 376 g/mol. The van der Waals surface area contributed by atoms with Crippen molar-refractivity contribution in [2.45, 2.75) is 32.2 Å². The van der Waals surface area contributed by atoms with E-state index in [1.807, 2.05) is 59.0 Å². The third kappa shape index (κ3) is 4.53. The second-order valence-electron chi connectivity index (χ2n) is 8.06. The van der Waals surface area contributed by atoms with Crippen molar-refractivity contribution < 1.29 is 9.59 Å². The Morgan fingerprint density at radius 3 is 2.67 bits per heavy atom. The molecule has 0 spiro atoms. The average Bonchev–Trinajstić information content (AvgIpc) is 3.13. The first-order valence-corrected chi connectivity index (χ1v) is 10.6. The van der Waals surface area contributed by atoms with Crippen LogP contribution < -0.4 is 5.32 Å². The Balaban J connectivity index is 1.24. The maximum Gasteiger partial charge on any atom is 0.270 e. The second-order valence-corrected chi connectivity index (χ2v) is 8.06. The number of carbonyl (C=O) groups excluding carboxylic acids is 2. The van der Waals surface area contributed by atoms with Gasteiger partial charge in [-0.1, -0.05) is 24.3 Å². The molecule has 1 aliphatic heterocycles. The molecule has 2 amide bonds. The highest BCUT2D eigenvalue weighted by molar-refractivity contribution is 5.98. The van der Waals surface area contributed by atoms with Crippen LogP contribution in [0.1, 0.15) is 41.7 Å². The Morgan fingerprint density at radius 2 is 1.93 bits per heavy atom. The van der Waals surface area contributed by atoms with E-state index in [0.29, 0.717) is 18.9 Å². The molecule has 6 heteroatoms. The molecule has 1 N–H and O–H groups in total. The molecule has 30 heavy (non-hydrogen) atoms. The predicted molar refractivity (Wildman–Crippen MR) is 117 cm³/mol. The van der Waals surface area contributed by atoms with Gasteiger partial charge >= 0.3 is 0 Å². The van der Waals surface area contributed by atoms with E-state index in [0.717, 1.165) is 54.5 Å². The fourth-order valence-corrected chi connectivity index (χ4v) is 4.21. The molecule has 0 aliphatic carbocycles. The van der Waals surface area contributed by atoms with Crippen LogP contribution in [0.25, 0.3) is 10.9 Å². The highest BCUT2D eigenvalue weighted by Gasteiger charge is 2.25. The minimum atomic E-state index is 0.0767. The van der Waals surface area contributed by atoms with E-state index in [4.69, 9.17) is 0 Å². The lowest BCUT2D eigenvalue weighted by Gasteiger charge is -2.32. The average molecular weight is 405 g/mol. The van der Waals surface area contributed by atoms with E-state index in [1.54, 1.807) is 12.4 Å². The SMILES string of the molecule is Cn1c(C(=O)N2CCC(CCC(=O)NCc3cccnc3)CC2)cc2ccccc21. The molecule has 1 saturated heterocycles. The normalized spacial score (nSPS) is 14.8. The van der Waals surface area contributed by atoms with Crippen molar-refractivity contribution in [3.05, 3.63) is 66.1 Å². The number of carbonyl (C=O) groups is 2. The van der Waals surface area contributed by atoms with Crippen LogP contribution >= 0.6 is 0 Å². The molecule has 0 atom stereocenters. The quantitative estimate of drug-likeness (QED) is 0.684. The number of aryl methyl sites for hydroxylation is 1. The first-order chi connectivity index (χ1) is 14.6. The maximum atomic E-state index is 13.0. The summed E-state index contributed by atoms with van der Waals surface area (Å²) in [6.07, 6.45) is 6.79. The van der Waals surface area contributed by atoms with E-state index >= 15 is 0 Å². The summed E-state index contributed by atoms with van der Waals surface area (Å²) in [7, 11) is 1.95. The number of fused-ring (bicyclic) bond motifs is 1. The fraction of sp³-hybridized carbons (Fsp3) is 0.375. The van der Waals surface area contributed by atoms with Gasteiger partial charge in [-0.05, 0) is 48.9 Å². The maximum absolute atomic E-state index is 13.0. The van der Waals surface area contributed by atoms with Crippen molar-refractivity contribution >= 4 is 22.7 Å². The monoisotopic (exact) mass is 404 g/mol. The van der Waals surface area contributed by atoms with Crippen molar-refractivity contribution in [1.82, 2.24) is 19.8 Å². The topological polar surface area (TPSA) is 67.2 Å². The summed E-state index contributed by atoms with van der Waals surface area (Å²) in [6.45, 7) is 2.02. The molecule has 0 radical (unpaired) electrons. The van der Waals surface area contributed by atoms with Gasteiger partial charge in [0.1, 0.15) is 5.69 Å². The Labute approximate surface area is 176 Å². The van der Waals surface area contributed by atoms with Gasteiger partial charge in [0.25, 0.3) is 5.91 Å². The number of aromatic nitrogens is 2. The molecular formula is C24H28N4O2. The summed E-state index contributed by atoms with van der Waals surface area (Å²) in [5, 5.41) is 4.05. The number of pyridine rings is 1. The van der Waals surface area contributed by atoms with Gasteiger partial charge in [-0.3, -0.25) is 14.6 Å². The number of benzene rings is 1. The van der Waals surface area contributed by atoms with Crippen LogP contribution in [-0.2, 0) is 18.4 Å². The van der Waals surface area contributed by atoms with E-state index in [1.165, 1.54) is 0 Å². The van der Waals surface area contributed by atoms with Crippen LogP contribution in [0, 0.1) is 5.92 Å². The Kier molecular flexibility index (Phi) is 6.12. The minimum absolute atomic E-state index is 0.0767. The van der Waals surface area contributed by atoms with Crippen LogP contribution in [-0.4, -0.2) is 39.4 Å². The molecule has 2 aromatic heterocycles. The number of nitrogens with zero attached hydrogens (tertiary/aromatic N) is 3. The lowest BCUT2D eigenvalue weighted by Crippen LogP contribution is -2.39. The van der Waals surface area contributed by atoms with Crippen molar-refractivity contribution in [2.24, 2.45) is 13.0 Å². The summed E-state index contributed by atoms with van der Waals surface area (Å²) in [5.74, 6) is 0.667. The van der Waals surface area contributed by atoms with Crippen molar-refractivity contribution in [3.63, 3.8) is 0 Å². The summed E-state index contributed by atoms with van der Waals surface area (Å²) in [6, 6.07) is 13.9. The van der Waals surface area contributed by atoms with Gasteiger partial charge in [0.15, 0.2) is 0 Å². The molecule has 3 heterocycles. The zero-order valence-electron chi connectivity index (χ0n) is 17.4. The fourth-order valence-electron chi connectivity index (χ4n) is 4.21. The third-order valence-electron chi connectivity index (χ3n) is 6.06. The third-order valence-corrected chi connectivity index (χ3v) is 6.06. The Bertz CT molecular complexity index is 1020. The zero-order chi connectivity index (χ0) is 20.9. The highest BCUT2D eigenvalue weighted by atomic mass is 16.2. The Hall–Kier alpha value is -3.15. The molecule has 0 saturated carbocycles. The number of amides is 2. The molecule has 4 rings (SSSR count). The van der Waals surface area contributed by atoms with Gasteiger partial charge in [0, 0.05) is 56.4 Å². The smallest absolute Gasteiger partial charge is 0.270 e. The summed E-state index contributed by atoms with van der Waals surface area (Å²) >= 11 is 0. The van der Waals surface area contributed by atoms with Crippen LogP contribution in [0.15, 0.2) is 54.9 Å². The van der Waals surface area contributed by atoms with Crippen LogP contribution in [0.5, 0.6) is 0 Å². The van der Waals surface area contributed by atoms with Crippen molar-refractivity contribution in [1.29, 1.82) is 0 Å². The molecule has 6 nitrogen and oxygen atoms in total. The lowest BCUT2D eigenvalue weighted by molar-refractivity contribution is -0.121. The molecule has 0 bridgehead atoms. The van der Waals surface area contributed by atoms with Gasteiger partial charge in [-0.15, -0.1) is 0 Å². The lowest BCUT2D eigenvalue weighted by atomic mass is 9.92. The zero-order valence-corrected chi connectivity index (χ0v) is 17.4. The van der Waals surface area contributed by atoms with E-state index in [2.05, 4.69) is 10.3 Å². The molecule has 1 fully saturated rings. The standard InChI is InChI=1S/C24H28N4O2/c1-27-21-7-3-2-6-20(21)15-22(27)24(30)28-13-10-18(11-14-28)8-9-23(29)26-17-19-5-4-12-25-16-19/h2-7,12,15-16,18H,8-11,13-14,17H2,1H3,(H,26,29). The largest absolute Gasteiger partial charge is 0.352 e. The van der Waals surface area contributed by atoms with Crippen LogP contribution in [0.3, 0.4) is 0 Å². The molecule has 3 aromatic rings. The van der Waals surface area contributed by atoms with Crippen molar-refractivity contribution in [2.75, 3.05) is 13.1 Å². The minimum Gasteiger partial charge on any atom is -0.352 e. The number of nitrogens with one attached hydrogen (secondary N) is 1. The number of likely N-dealkylation sites (tertiary alicyclic amines) is 1. The second kappa shape index (κ2) is 9.11. The molecule has 1 aliphatic rings. The summed E-state index contributed by atoms with van der Waals surface area (Å²) in [5.41, 5.74) is 2.82. The van der Waals surface area contributed by atoms with Gasteiger partial charge in [-0.25, -0.2) is 0 Å². The van der Waals surface area contributed by atoms with Crippen LogP contribution in [0.2, 0.25) is 0 Å². The van der Waals surface area contributed by atoms with Gasteiger partial charge < -0.3 is 14.8 Å². The highest BCUT2D eigenvalue weighted by Crippen LogP contribution is 2.25. The number of hydrogen-bond donors (Lipinski definition) is 1. The number of para-hydroxylation sites is 1. The number of hydrogen-bond acceptors (Lipinski definition) is 3. The van der Waals surface area contributed by atoms with E-state index in [9.17, 15) is 9.59 Å². The van der Waals surface area contributed by atoms with Gasteiger partial charge in [-0.2, -0.15) is 0 Å². The number of piperidine rings is 1.